The maximum atomic E-state index is 12.2. The van der Waals surface area contributed by atoms with E-state index in [4.69, 9.17) is 10.5 Å². The Morgan fingerprint density at radius 3 is 2.76 bits per heavy atom. The topological polar surface area (TPSA) is 52.3 Å². The van der Waals surface area contributed by atoms with E-state index in [2.05, 4.69) is 0 Å². The summed E-state index contributed by atoms with van der Waals surface area (Å²) in [6.45, 7) is 1.91. The highest BCUT2D eigenvalue weighted by atomic mass is 32.1. The normalized spacial score (nSPS) is 10.2. The smallest absolute Gasteiger partial charge is 0.206 e. The molecule has 4 heteroatoms. The molecule has 17 heavy (non-hydrogen) atoms. The van der Waals surface area contributed by atoms with E-state index in [1.807, 2.05) is 18.4 Å². The molecule has 0 aliphatic heterocycles. The van der Waals surface area contributed by atoms with Crippen LogP contribution in [-0.4, -0.2) is 12.9 Å². The number of ketones is 1. The molecular formula is C13H13NO2S. The summed E-state index contributed by atoms with van der Waals surface area (Å²) in [5, 5.41) is 1.84. The van der Waals surface area contributed by atoms with Crippen LogP contribution in [0.2, 0.25) is 0 Å². The Labute approximate surface area is 104 Å². The lowest BCUT2D eigenvalue weighted by Crippen LogP contribution is -2.02. The summed E-state index contributed by atoms with van der Waals surface area (Å²) in [7, 11) is 1.56. The van der Waals surface area contributed by atoms with Crippen molar-refractivity contribution in [1.82, 2.24) is 0 Å². The Bertz CT molecular complexity index is 560. The summed E-state index contributed by atoms with van der Waals surface area (Å²) in [4.78, 5) is 12.8. The van der Waals surface area contributed by atoms with Gasteiger partial charge in [0.15, 0.2) is 0 Å². The first-order chi connectivity index (χ1) is 8.13. The molecule has 2 N–H and O–H groups in total. The van der Waals surface area contributed by atoms with E-state index in [0.29, 0.717) is 21.9 Å². The number of anilines is 1. The van der Waals surface area contributed by atoms with Gasteiger partial charge in [0.25, 0.3) is 0 Å². The second-order valence-corrected chi connectivity index (χ2v) is 4.63. The molecule has 3 nitrogen and oxygen atoms in total. The van der Waals surface area contributed by atoms with Crippen molar-refractivity contribution in [3.05, 3.63) is 45.6 Å². The van der Waals surface area contributed by atoms with E-state index < -0.39 is 0 Å². The van der Waals surface area contributed by atoms with Crippen LogP contribution >= 0.6 is 11.3 Å². The third-order valence-corrected chi connectivity index (χ3v) is 3.49. The van der Waals surface area contributed by atoms with Crippen LogP contribution < -0.4 is 10.5 Å². The average Bonchev–Trinajstić information content (AvgIpc) is 2.80. The number of aryl methyl sites for hydroxylation is 1. The Kier molecular flexibility index (Phi) is 3.15. The number of carbonyl (C=O) groups excluding carboxylic acids is 1. The van der Waals surface area contributed by atoms with Gasteiger partial charge < -0.3 is 10.5 Å². The van der Waals surface area contributed by atoms with Gasteiger partial charge >= 0.3 is 0 Å². The molecule has 0 unspecified atom stereocenters. The third-order valence-electron chi connectivity index (χ3n) is 2.60. The minimum atomic E-state index is -0.0523. The highest BCUT2D eigenvalue weighted by Gasteiger charge is 2.16. The van der Waals surface area contributed by atoms with Gasteiger partial charge in [-0.05, 0) is 30.0 Å². The zero-order valence-corrected chi connectivity index (χ0v) is 10.5. The van der Waals surface area contributed by atoms with Gasteiger partial charge in [0.2, 0.25) is 5.78 Å². The molecule has 0 saturated carbocycles. The number of hydrogen-bond acceptors (Lipinski definition) is 4. The van der Waals surface area contributed by atoms with Crippen molar-refractivity contribution < 1.29 is 9.53 Å². The number of nitrogen functional groups attached to an aromatic ring is 1. The predicted molar refractivity (Wildman–Crippen MR) is 69.9 cm³/mol. The van der Waals surface area contributed by atoms with Crippen LogP contribution in [0.25, 0.3) is 0 Å². The molecule has 0 fully saturated rings. The van der Waals surface area contributed by atoms with Crippen LogP contribution in [0.3, 0.4) is 0 Å². The van der Waals surface area contributed by atoms with Crippen LogP contribution in [0, 0.1) is 6.92 Å². The monoisotopic (exact) mass is 247 g/mol. The van der Waals surface area contributed by atoms with Crippen molar-refractivity contribution in [1.29, 1.82) is 0 Å². The Morgan fingerprint density at radius 1 is 1.35 bits per heavy atom. The van der Waals surface area contributed by atoms with E-state index in [1.165, 1.54) is 11.3 Å². The summed E-state index contributed by atoms with van der Waals surface area (Å²) in [5.41, 5.74) is 8.00. The van der Waals surface area contributed by atoms with Crippen molar-refractivity contribution in [3.63, 3.8) is 0 Å². The van der Waals surface area contributed by atoms with E-state index in [-0.39, 0.29) is 5.78 Å². The number of thiophene rings is 1. The van der Waals surface area contributed by atoms with Crippen LogP contribution in [0.4, 0.5) is 5.69 Å². The number of methoxy groups -OCH3 is 1. The molecule has 2 rings (SSSR count). The molecule has 88 valence electrons. The largest absolute Gasteiger partial charge is 0.495 e. The molecule has 0 spiro atoms. The fourth-order valence-corrected chi connectivity index (χ4v) is 2.36. The summed E-state index contributed by atoms with van der Waals surface area (Å²) >= 11 is 1.37. The van der Waals surface area contributed by atoms with Gasteiger partial charge in [-0.1, -0.05) is 12.1 Å². The van der Waals surface area contributed by atoms with Gasteiger partial charge in [-0.2, -0.15) is 0 Å². The first-order valence-corrected chi connectivity index (χ1v) is 6.03. The molecule has 0 atom stereocenters. The Morgan fingerprint density at radius 2 is 2.12 bits per heavy atom. The van der Waals surface area contributed by atoms with Crippen LogP contribution in [0.1, 0.15) is 20.8 Å². The van der Waals surface area contributed by atoms with Crippen molar-refractivity contribution in [2.45, 2.75) is 6.92 Å². The number of rotatable bonds is 3. The molecule has 0 bridgehead atoms. The second kappa shape index (κ2) is 4.59. The van der Waals surface area contributed by atoms with Crippen molar-refractivity contribution in [2.75, 3.05) is 12.8 Å². The molecule has 0 amide bonds. The number of ether oxygens (including phenoxy) is 1. The number of nitrogens with two attached hydrogens (primary N) is 1. The van der Waals surface area contributed by atoms with Gasteiger partial charge in [0.1, 0.15) is 10.6 Å². The summed E-state index contributed by atoms with van der Waals surface area (Å²) in [6, 6.07) is 7.13. The van der Waals surface area contributed by atoms with Gasteiger partial charge in [-0.3, -0.25) is 4.79 Å². The van der Waals surface area contributed by atoms with Gasteiger partial charge in [0, 0.05) is 11.3 Å². The van der Waals surface area contributed by atoms with Crippen molar-refractivity contribution in [2.24, 2.45) is 0 Å². The molecule has 2 aromatic rings. The molecule has 0 radical (unpaired) electrons. The summed E-state index contributed by atoms with van der Waals surface area (Å²) in [6.07, 6.45) is 0. The molecule has 0 saturated heterocycles. The first-order valence-electron chi connectivity index (χ1n) is 5.16. The summed E-state index contributed by atoms with van der Waals surface area (Å²) in [5.74, 6) is 0.558. The average molecular weight is 247 g/mol. The predicted octanol–water partition coefficient (Wildman–Crippen LogP) is 2.88. The third kappa shape index (κ3) is 2.17. The lowest BCUT2D eigenvalue weighted by molar-refractivity contribution is 0.104. The van der Waals surface area contributed by atoms with Gasteiger partial charge in [-0.25, -0.2) is 0 Å². The molecule has 0 aliphatic rings. The number of carbonyl (C=O) groups is 1. The SMILES string of the molecule is COc1ccsc1C(=O)c1ccc(C)c(N)c1. The molecule has 1 aromatic heterocycles. The molecule has 0 aliphatic carbocycles. The first kappa shape index (κ1) is 11.7. The highest BCUT2D eigenvalue weighted by Crippen LogP contribution is 2.28. The summed E-state index contributed by atoms with van der Waals surface area (Å²) < 4.78 is 5.14. The molecular weight excluding hydrogens is 234 g/mol. The van der Waals surface area contributed by atoms with Crippen LogP contribution in [-0.2, 0) is 0 Å². The van der Waals surface area contributed by atoms with Crippen molar-refractivity contribution in [3.8, 4) is 5.75 Å². The molecule has 1 heterocycles. The maximum Gasteiger partial charge on any atom is 0.206 e. The lowest BCUT2D eigenvalue weighted by atomic mass is 10.1. The van der Waals surface area contributed by atoms with E-state index in [1.54, 1.807) is 25.3 Å². The standard InChI is InChI=1S/C13H13NO2S/c1-8-3-4-9(7-10(8)14)12(15)13-11(16-2)5-6-17-13/h3-7H,14H2,1-2H3. The number of benzene rings is 1. The van der Waals surface area contributed by atoms with E-state index in [0.717, 1.165) is 5.56 Å². The van der Waals surface area contributed by atoms with Crippen molar-refractivity contribution >= 4 is 22.8 Å². The second-order valence-electron chi connectivity index (χ2n) is 3.72. The van der Waals surface area contributed by atoms with Crippen LogP contribution in [0.5, 0.6) is 5.75 Å². The maximum absolute atomic E-state index is 12.2. The minimum absolute atomic E-state index is 0.0523. The quantitative estimate of drug-likeness (QED) is 0.670. The number of hydrogen-bond donors (Lipinski definition) is 1. The Hall–Kier alpha value is -1.81. The molecule has 1 aromatic carbocycles. The zero-order chi connectivity index (χ0) is 12.4. The van der Waals surface area contributed by atoms with Gasteiger partial charge in [0.05, 0.1) is 7.11 Å². The van der Waals surface area contributed by atoms with E-state index in [9.17, 15) is 4.79 Å². The van der Waals surface area contributed by atoms with Gasteiger partial charge in [-0.15, -0.1) is 11.3 Å². The fourth-order valence-electron chi connectivity index (χ4n) is 1.54. The Balaban J connectivity index is 2.40. The fraction of sp³-hybridized carbons (Fsp3) is 0.154. The lowest BCUT2D eigenvalue weighted by Gasteiger charge is -2.05. The zero-order valence-electron chi connectivity index (χ0n) is 9.69. The minimum Gasteiger partial charge on any atom is -0.495 e. The van der Waals surface area contributed by atoms with E-state index >= 15 is 0 Å². The highest BCUT2D eigenvalue weighted by molar-refractivity contribution is 7.12. The van der Waals surface area contributed by atoms with Crippen LogP contribution in [0.15, 0.2) is 29.6 Å².